The predicted octanol–water partition coefficient (Wildman–Crippen LogP) is 8.62. The maximum Gasteiger partial charge on any atom is 0.475 e. The maximum atomic E-state index is 16.0. The molecule has 59 heavy (non-hydrogen) atoms. The number of halogens is 4. The van der Waals surface area contributed by atoms with Crippen molar-refractivity contribution in [2.24, 2.45) is 0 Å². The highest BCUT2D eigenvalue weighted by atomic mass is 32.2. The van der Waals surface area contributed by atoms with E-state index >= 15 is 8.78 Å². The highest BCUT2D eigenvalue weighted by Crippen LogP contribution is 2.50. The zero-order valence-corrected chi connectivity index (χ0v) is 33.3. The van der Waals surface area contributed by atoms with Crippen LogP contribution in [0, 0.1) is 34.6 Å². The van der Waals surface area contributed by atoms with Gasteiger partial charge in [-0.05, 0) is 49.4 Å². The number of nitrogens with zero attached hydrogens (tertiary/aromatic N) is 4. The number of phosphoric ester groups is 1. The summed E-state index contributed by atoms with van der Waals surface area (Å²) in [5.74, 6) is -4.53. The van der Waals surface area contributed by atoms with Gasteiger partial charge >= 0.3 is 13.8 Å². The second-order valence-electron chi connectivity index (χ2n) is 12.7. The average molecular weight is 855 g/mol. The van der Waals surface area contributed by atoms with E-state index in [-0.39, 0.29) is 60.8 Å². The van der Waals surface area contributed by atoms with Crippen LogP contribution < -0.4 is 0 Å². The highest BCUT2D eigenvalue weighted by molar-refractivity contribution is 8.00. The lowest BCUT2D eigenvalue weighted by atomic mass is 9.89. The van der Waals surface area contributed by atoms with E-state index in [1.165, 1.54) is 71.6 Å². The zero-order valence-electron chi connectivity index (χ0n) is 31.6. The monoisotopic (exact) mass is 854 g/mol. The number of benzene rings is 3. The first-order valence-electron chi connectivity index (χ1n) is 17.9. The number of carbonyl (C=O) groups is 1. The largest absolute Gasteiger partial charge is 0.475 e. The fourth-order valence-electron chi connectivity index (χ4n) is 5.79. The minimum absolute atomic E-state index is 0.129. The summed E-state index contributed by atoms with van der Waals surface area (Å²) in [5, 5.41) is 11.8. The Bertz CT molecular complexity index is 2230. The summed E-state index contributed by atoms with van der Waals surface area (Å²) in [6.07, 6.45) is 10.7. The van der Waals surface area contributed by atoms with Crippen molar-refractivity contribution in [3.8, 4) is 6.07 Å². The fraction of sp³-hybridized carbons (Fsp3) is 0.268. The van der Waals surface area contributed by atoms with Crippen LogP contribution in [-0.2, 0) is 51.1 Å². The van der Waals surface area contributed by atoms with Crippen LogP contribution in [0.5, 0.6) is 0 Å². The summed E-state index contributed by atoms with van der Waals surface area (Å²) in [6.45, 7) is 7.34. The number of nitriles is 1. The number of carbonyl (C=O) groups excluding carboxylic acids is 1. The fourth-order valence-corrected chi connectivity index (χ4v) is 8.23. The topological polar surface area (TPSA) is 144 Å². The maximum absolute atomic E-state index is 16.0. The van der Waals surface area contributed by atoms with Crippen LogP contribution in [0.15, 0.2) is 111 Å². The Labute approximate surface area is 342 Å². The number of rotatable bonds is 20. The standard InChI is InChI=1S/C41H39F4N4O8PS/c1-4-17-54-58(51,55-18-5-2)56-24-34-33(10-8-11-36(34)43)40(50)57-41(25-49-27-47-26-48-49,35-16-15-31(42)20-38(35)45)28(3)59-32-22-52-39(53-23-32)12-7-6-9-30-14-13-29(21-46)19-37(30)44/h4-16,19-20,26-28,32,39H,1-2,17-18,22-25H2,3H3/b9-6+,12-7+/t28-,32?,39?,41-/m1/s1. The van der Waals surface area contributed by atoms with Crippen molar-refractivity contribution in [1.29, 1.82) is 5.26 Å². The molecule has 2 atom stereocenters. The second kappa shape index (κ2) is 21.2. The first kappa shape index (κ1) is 44.9. The van der Waals surface area contributed by atoms with Gasteiger partial charge in [-0.2, -0.15) is 10.4 Å². The van der Waals surface area contributed by atoms with E-state index in [2.05, 4.69) is 23.2 Å². The minimum Gasteiger partial charge on any atom is -0.447 e. The van der Waals surface area contributed by atoms with Crippen molar-refractivity contribution >= 4 is 31.6 Å². The van der Waals surface area contributed by atoms with E-state index in [1.807, 2.05) is 6.07 Å². The lowest BCUT2D eigenvalue weighted by Crippen LogP contribution is -2.47. The molecule has 0 N–H and O–H groups in total. The van der Waals surface area contributed by atoms with E-state index in [9.17, 15) is 18.1 Å². The van der Waals surface area contributed by atoms with E-state index in [0.717, 1.165) is 24.3 Å². The number of phosphoric acid groups is 1. The van der Waals surface area contributed by atoms with Gasteiger partial charge in [0.05, 0.1) is 62.0 Å². The Morgan fingerprint density at radius 2 is 1.78 bits per heavy atom. The van der Waals surface area contributed by atoms with Crippen molar-refractivity contribution in [2.45, 2.75) is 42.5 Å². The van der Waals surface area contributed by atoms with Gasteiger partial charge in [0.25, 0.3) is 0 Å². The molecule has 1 saturated heterocycles. The Balaban J connectivity index is 1.40. The third-order valence-electron chi connectivity index (χ3n) is 8.66. The van der Waals surface area contributed by atoms with Crippen molar-refractivity contribution < 1.29 is 54.7 Å². The highest BCUT2D eigenvalue weighted by Gasteiger charge is 2.47. The molecule has 310 valence electrons. The van der Waals surface area contributed by atoms with Gasteiger partial charge in [-0.25, -0.2) is 36.6 Å². The molecule has 12 nitrogen and oxygen atoms in total. The minimum atomic E-state index is -4.32. The molecule has 4 aromatic rings. The molecule has 0 radical (unpaired) electrons. The normalized spacial score (nSPS) is 17.4. The molecule has 0 unspecified atom stereocenters. The Morgan fingerprint density at radius 1 is 1.03 bits per heavy atom. The molecule has 0 spiro atoms. The van der Waals surface area contributed by atoms with E-state index in [0.29, 0.717) is 6.07 Å². The molecule has 0 aliphatic carbocycles. The molecule has 1 aliphatic rings. The summed E-state index contributed by atoms with van der Waals surface area (Å²) >= 11 is 1.23. The molecule has 1 aliphatic heterocycles. The van der Waals surface area contributed by atoms with Crippen LogP contribution in [0.1, 0.15) is 39.5 Å². The quantitative estimate of drug-likeness (QED) is 0.0276. The summed E-state index contributed by atoms with van der Waals surface area (Å²) < 4.78 is 109. The molecular weight excluding hydrogens is 816 g/mol. The summed E-state index contributed by atoms with van der Waals surface area (Å²) in [6, 6.07) is 12.4. The average Bonchev–Trinajstić information content (AvgIpc) is 3.74. The summed E-state index contributed by atoms with van der Waals surface area (Å²) in [5.41, 5.74) is -2.44. The smallest absolute Gasteiger partial charge is 0.447 e. The van der Waals surface area contributed by atoms with Crippen LogP contribution in [0.4, 0.5) is 17.6 Å². The predicted molar refractivity (Wildman–Crippen MR) is 210 cm³/mol. The lowest BCUT2D eigenvalue weighted by Gasteiger charge is -2.40. The number of ether oxygens (including phenoxy) is 3. The molecule has 0 amide bonds. The van der Waals surface area contributed by atoms with Gasteiger partial charge in [0.1, 0.15) is 35.9 Å². The Kier molecular flexibility index (Phi) is 16.1. The van der Waals surface area contributed by atoms with Crippen molar-refractivity contribution in [1.82, 2.24) is 14.8 Å². The first-order valence-corrected chi connectivity index (χ1v) is 20.3. The molecule has 3 aromatic carbocycles. The number of aromatic nitrogens is 3. The molecule has 2 heterocycles. The zero-order chi connectivity index (χ0) is 42.4. The Hall–Kier alpha value is -5.18. The van der Waals surface area contributed by atoms with Crippen molar-refractivity contribution in [3.63, 3.8) is 0 Å². The van der Waals surface area contributed by atoms with E-state index in [4.69, 9.17) is 33.0 Å². The Morgan fingerprint density at radius 3 is 2.42 bits per heavy atom. The summed E-state index contributed by atoms with van der Waals surface area (Å²) in [4.78, 5) is 18.3. The van der Waals surface area contributed by atoms with Gasteiger partial charge in [0, 0.05) is 28.0 Å². The van der Waals surface area contributed by atoms with Crippen LogP contribution in [0.2, 0.25) is 0 Å². The van der Waals surface area contributed by atoms with Crippen LogP contribution in [-0.4, -0.2) is 64.0 Å². The van der Waals surface area contributed by atoms with E-state index < -0.39 is 66.1 Å². The van der Waals surface area contributed by atoms with Gasteiger partial charge in [-0.15, -0.1) is 24.9 Å². The SMILES string of the molecule is C=CCOP(=O)(OCC=C)OCc1c(F)cccc1C(=O)O[C@@](Cn1cncn1)(c1ccc(F)cc1F)[C@@H](C)SC1COC(/C=C/C=C/c2ccc(C#N)cc2F)OC1. The van der Waals surface area contributed by atoms with Gasteiger partial charge in [-0.3, -0.25) is 13.6 Å². The van der Waals surface area contributed by atoms with Crippen LogP contribution in [0.25, 0.3) is 6.08 Å². The van der Waals surface area contributed by atoms with Gasteiger partial charge in [0.2, 0.25) is 0 Å². The van der Waals surface area contributed by atoms with Gasteiger partial charge < -0.3 is 14.2 Å². The van der Waals surface area contributed by atoms with Gasteiger partial charge in [-0.1, -0.05) is 42.5 Å². The van der Waals surface area contributed by atoms with Crippen LogP contribution in [0.3, 0.4) is 0 Å². The number of thioether (sulfide) groups is 1. The number of hydrogen-bond acceptors (Lipinski definition) is 12. The third-order valence-corrected chi connectivity index (χ3v) is 11.5. The first-order chi connectivity index (χ1) is 28.4. The molecule has 0 bridgehead atoms. The molecule has 5 rings (SSSR count). The van der Waals surface area contributed by atoms with E-state index in [1.54, 1.807) is 25.2 Å². The van der Waals surface area contributed by atoms with Crippen LogP contribution >= 0.6 is 19.6 Å². The third kappa shape index (κ3) is 12.0. The number of allylic oxidation sites excluding steroid dienone is 2. The second-order valence-corrected chi connectivity index (χ2v) is 16.0. The van der Waals surface area contributed by atoms with Gasteiger partial charge in [0.15, 0.2) is 11.9 Å². The molecule has 0 saturated carbocycles. The molecule has 1 aromatic heterocycles. The lowest BCUT2D eigenvalue weighted by molar-refractivity contribution is -0.146. The van der Waals surface area contributed by atoms with Crippen molar-refractivity contribution in [3.05, 3.63) is 162 Å². The molecular formula is C41H39F4N4O8PS. The van der Waals surface area contributed by atoms with Crippen molar-refractivity contribution in [2.75, 3.05) is 26.4 Å². The number of hydrogen-bond donors (Lipinski definition) is 0. The number of esters is 1. The molecule has 1 fully saturated rings. The summed E-state index contributed by atoms with van der Waals surface area (Å²) in [7, 11) is -4.32. The molecule has 18 heteroatoms.